The highest BCUT2D eigenvalue weighted by molar-refractivity contribution is 6.19. The van der Waals surface area contributed by atoms with Crippen LogP contribution in [0, 0.1) is 0 Å². The number of carboxylic acids is 1. The summed E-state index contributed by atoms with van der Waals surface area (Å²) >= 11 is 5.27. The SMILES string of the molecule is [NH3+]C(CC(=O)CCCl)C(=O)O. The van der Waals surface area contributed by atoms with Crippen molar-refractivity contribution < 1.29 is 20.4 Å². The highest BCUT2D eigenvalue weighted by Gasteiger charge is 2.18. The number of halogens is 1. The number of hydrogen-bond donors (Lipinski definition) is 2. The number of carboxylic acid groups (broad SMARTS) is 1. The van der Waals surface area contributed by atoms with Crippen LogP contribution < -0.4 is 5.73 Å². The molecule has 11 heavy (non-hydrogen) atoms. The lowest BCUT2D eigenvalue weighted by Gasteiger charge is -1.99. The summed E-state index contributed by atoms with van der Waals surface area (Å²) in [6, 6.07) is -0.842. The van der Waals surface area contributed by atoms with Crippen molar-refractivity contribution in [3.8, 4) is 0 Å². The first-order chi connectivity index (χ1) is 5.07. The Morgan fingerprint density at radius 1 is 1.55 bits per heavy atom. The van der Waals surface area contributed by atoms with Crippen LogP contribution in [0.1, 0.15) is 12.8 Å². The van der Waals surface area contributed by atoms with Gasteiger partial charge in [0, 0.05) is 12.3 Å². The molecule has 0 aliphatic heterocycles. The molecule has 0 rings (SSSR count). The van der Waals surface area contributed by atoms with Crippen molar-refractivity contribution in [3.63, 3.8) is 0 Å². The first kappa shape index (κ1) is 10.4. The van der Waals surface area contributed by atoms with Crippen LogP contribution in [0.5, 0.6) is 0 Å². The van der Waals surface area contributed by atoms with E-state index in [4.69, 9.17) is 16.7 Å². The number of carbonyl (C=O) groups excluding carboxylic acids is 1. The maximum absolute atomic E-state index is 10.8. The van der Waals surface area contributed by atoms with E-state index in [0.29, 0.717) is 0 Å². The van der Waals surface area contributed by atoms with Gasteiger partial charge in [-0.2, -0.15) is 0 Å². The maximum Gasteiger partial charge on any atom is 0.362 e. The molecule has 0 aromatic carbocycles. The zero-order valence-electron chi connectivity index (χ0n) is 6.05. The average Bonchev–Trinajstić information content (AvgIpc) is 1.87. The molecule has 0 fully saturated rings. The number of hydrogen-bond acceptors (Lipinski definition) is 2. The number of aliphatic carboxylic acids is 1. The third-order valence-electron chi connectivity index (χ3n) is 1.20. The predicted octanol–water partition coefficient (Wildman–Crippen LogP) is -0.730. The molecule has 64 valence electrons. The lowest BCUT2D eigenvalue weighted by molar-refractivity contribution is -0.406. The fourth-order valence-electron chi connectivity index (χ4n) is 0.570. The van der Waals surface area contributed by atoms with Gasteiger partial charge in [-0.3, -0.25) is 4.79 Å². The Kier molecular flexibility index (Phi) is 4.81. The third kappa shape index (κ3) is 4.75. The Labute approximate surface area is 69.3 Å². The van der Waals surface area contributed by atoms with E-state index in [1.807, 2.05) is 0 Å². The quantitative estimate of drug-likeness (QED) is 0.548. The summed E-state index contributed by atoms with van der Waals surface area (Å²) in [6.07, 6.45) is 0.197. The van der Waals surface area contributed by atoms with Crippen molar-refractivity contribution in [1.29, 1.82) is 0 Å². The zero-order valence-corrected chi connectivity index (χ0v) is 6.80. The lowest BCUT2D eigenvalue weighted by atomic mass is 10.1. The van der Waals surface area contributed by atoms with Crippen LogP contribution in [0.3, 0.4) is 0 Å². The molecule has 0 aliphatic rings. The molecule has 0 heterocycles. The normalized spacial score (nSPS) is 12.5. The molecule has 5 heteroatoms. The van der Waals surface area contributed by atoms with Gasteiger partial charge < -0.3 is 10.8 Å². The molecule has 0 saturated heterocycles. The van der Waals surface area contributed by atoms with Crippen LogP contribution in [0.25, 0.3) is 0 Å². The number of carbonyl (C=O) groups is 2. The van der Waals surface area contributed by atoms with E-state index in [0.717, 1.165) is 0 Å². The third-order valence-corrected chi connectivity index (χ3v) is 1.39. The van der Waals surface area contributed by atoms with Crippen LogP contribution in [-0.4, -0.2) is 28.8 Å². The molecule has 4 nitrogen and oxygen atoms in total. The van der Waals surface area contributed by atoms with E-state index in [1.54, 1.807) is 0 Å². The first-order valence-corrected chi connectivity index (χ1v) is 3.75. The van der Waals surface area contributed by atoms with Crippen molar-refractivity contribution in [1.82, 2.24) is 0 Å². The number of rotatable bonds is 5. The van der Waals surface area contributed by atoms with Crippen LogP contribution in [0.4, 0.5) is 0 Å². The fourth-order valence-corrected chi connectivity index (χ4v) is 0.780. The van der Waals surface area contributed by atoms with Gasteiger partial charge >= 0.3 is 5.97 Å². The van der Waals surface area contributed by atoms with Crippen LogP contribution in [0.2, 0.25) is 0 Å². The standard InChI is InChI=1S/C6H10ClNO3/c7-2-1-4(9)3-5(8)6(10)11/h5H,1-3,8H2,(H,10,11)/p+1. The van der Waals surface area contributed by atoms with Gasteiger partial charge in [0.25, 0.3) is 0 Å². The van der Waals surface area contributed by atoms with E-state index < -0.39 is 12.0 Å². The molecule has 0 amide bonds. The van der Waals surface area contributed by atoms with Gasteiger partial charge in [-0.1, -0.05) is 0 Å². The summed E-state index contributed by atoms with van der Waals surface area (Å²) in [5.41, 5.74) is 3.30. The molecular formula is C6H11ClNO3+. The minimum atomic E-state index is -1.05. The Morgan fingerprint density at radius 3 is 2.45 bits per heavy atom. The minimum absolute atomic E-state index is 0.0257. The van der Waals surface area contributed by atoms with Gasteiger partial charge in [-0.25, -0.2) is 4.79 Å². The number of alkyl halides is 1. The lowest BCUT2D eigenvalue weighted by Crippen LogP contribution is -2.65. The molecule has 0 bridgehead atoms. The highest BCUT2D eigenvalue weighted by atomic mass is 35.5. The molecule has 1 unspecified atom stereocenters. The van der Waals surface area contributed by atoms with E-state index in [2.05, 4.69) is 5.73 Å². The summed E-state index contributed by atoms with van der Waals surface area (Å²) in [6.45, 7) is 0. The van der Waals surface area contributed by atoms with Crippen molar-refractivity contribution in [3.05, 3.63) is 0 Å². The summed E-state index contributed by atoms with van der Waals surface area (Å²) in [7, 11) is 0. The summed E-state index contributed by atoms with van der Waals surface area (Å²) in [5, 5.41) is 8.35. The monoisotopic (exact) mass is 180 g/mol. The minimum Gasteiger partial charge on any atom is -0.477 e. The van der Waals surface area contributed by atoms with Gasteiger partial charge in [0.2, 0.25) is 0 Å². The molecule has 4 N–H and O–H groups in total. The van der Waals surface area contributed by atoms with E-state index in [9.17, 15) is 9.59 Å². The van der Waals surface area contributed by atoms with Gasteiger partial charge in [0.1, 0.15) is 5.78 Å². The van der Waals surface area contributed by atoms with Crippen LogP contribution in [-0.2, 0) is 9.59 Å². The van der Waals surface area contributed by atoms with Crippen molar-refractivity contribution in [2.45, 2.75) is 18.9 Å². The molecule has 0 saturated carbocycles. The maximum atomic E-state index is 10.8. The molecule has 0 aliphatic carbocycles. The van der Waals surface area contributed by atoms with Crippen molar-refractivity contribution in [2.24, 2.45) is 0 Å². The van der Waals surface area contributed by atoms with Crippen molar-refractivity contribution in [2.75, 3.05) is 5.88 Å². The Bertz CT molecular complexity index is 160. The summed E-state index contributed by atoms with van der Waals surface area (Å²) < 4.78 is 0. The second kappa shape index (κ2) is 5.09. The first-order valence-electron chi connectivity index (χ1n) is 3.21. The van der Waals surface area contributed by atoms with E-state index >= 15 is 0 Å². The summed E-state index contributed by atoms with van der Waals surface area (Å²) in [5.74, 6) is -0.958. The van der Waals surface area contributed by atoms with Gasteiger partial charge in [0.05, 0.1) is 6.42 Å². The van der Waals surface area contributed by atoms with Gasteiger partial charge in [0.15, 0.2) is 6.04 Å². The second-order valence-corrected chi connectivity index (χ2v) is 2.59. The summed E-state index contributed by atoms with van der Waals surface area (Å²) in [4.78, 5) is 21.0. The van der Waals surface area contributed by atoms with E-state index in [-0.39, 0.29) is 24.5 Å². The van der Waals surface area contributed by atoms with Gasteiger partial charge in [-0.05, 0) is 0 Å². The predicted molar refractivity (Wildman–Crippen MR) is 39.3 cm³/mol. The molecule has 0 aromatic rings. The number of ketones is 1. The Morgan fingerprint density at radius 2 is 2.09 bits per heavy atom. The topological polar surface area (TPSA) is 82.0 Å². The molecule has 0 radical (unpaired) electrons. The number of Topliss-reactive ketones (excluding diaryl/α,β-unsaturated/α-hetero) is 1. The Hall–Kier alpha value is -0.610. The smallest absolute Gasteiger partial charge is 0.362 e. The fraction of sp³-hybridized carbons (Fsp3) is 0.667. The van der Waals surface area contributed by atoms with E-state index in [1.165, 1.54) is 0 Å². The van der Waals surface area contributed by atoms with Crippen LogP contribution in [0.15, 0.2) is 0 Å². The second-order valence-electron chi connectivity index (χ2n) is 2.22. The van der Waals surface area contributed by atoms with Crippen molar-refractivity contribution >= 4 is 23.4 Å². The Balaban J connectivity index is 3.66. The molecule has 0 spiro atoms. The average molecular weight is 181 g/mol. The molecule has 1 atom stereocenters. The highest BCUT2D eigenvalue weighted by Crippen LogP contribution is 1.94. The zero-order chi connectivity index (χ0) is 8.85. The van der Waals surface area contributed by atoms with Crippen LogP contribution >= 0.6 is 11.6 Å². The largest absolute Gasteiger partial charge is 0.477 e. The molecule has 0 aromatic heterocycles. The molecular weight excluding hydrogens is 170 g/mol. The number of quaternary nitrogens is 1. The van der Waals surface area contributed by atoms with Gasteiger partial charge in [-0.15, -0.1) is 11.6 Å².